The van der Waals surface area contributed by atoms with Crippen LogP contribution in [0.15, 0.2) is 29.6 Å². The Morgan fingerprint density at radius 2 is 1.85 bits per heavy atom. The van der Waals surface area contributed by atoms with Crippen LogP contribution in [0.25, 0.3) is 11.1 Å². The van der Waals surface area contributed by atoms with Crippen LogP contribution in [0.1, 0.15) is 42.5 Å². The van der Waals surface area contributed by atoms with Crippen molar-refractivity contribution < 1.29 is 18.7 Å². The van der Waals surface area contributed by atoms with Crippen molar-refractivity contribution >= 4 is 28.3 Å². The van der Waals surface area contributed by atoms with Crippen LogP contribution in [-0.2, 0) is 4.74 Å². The number of ether oxygens (including phenoxy) is 1. The van der Waals surface area contributed by atoms with Crippen molar-refractivity contribution in [3.05, 3.63) is 41.0 Å². The van der Waals surface area contributed by atoms with Gasteiger partial charge in [0.25, 0.3) is 0 Å². The van der Waals surface area contributed by atoms with Crippen molar-refractivity contribution in [3.63, 3.8) is 0 Å². The summed E-state index contributed by atoms with van der Waals surface area (Å²) >= 11 is 1.24. The molecule has 5 nitrogen and oxygen atoms in total. The van der Waals surface area contributed by atoms with E-state index in [4.69, 9.17) is 4.74 Å². The topological polar surface area (TPSA) is 67.4 Å². The summed E-state index contributed by atoms with van der Waals surface area (Å²) in [6.45, 7) is 0. The van der Waals surface area contributed by atoms with Gasteiger partial charge in [-0.15, -0.1) is 11.3 Å². The molecule has 0 radical (unpaired) electrons. The van der Waals surface area contributed by atoms with Crippen molar-refractivity contribution in [1.82, 2.24) is 5.32 Å². The van der Waals surface area contributed by atoms with Crippen molar-refractivity contribution in [3.8, 4) is 11.1 Å². The van der Waals surface area contributed by atoms with E-state index in [1.807, 2.05) is 0 Å². The number of urea groups is 1. The first kappa shape index (κ1) is 18.4. The van der Waals surface area contributed by atoms with Crippen molar-refractivity contribution in [1.29, 1.82) is 0 Å². The van der Waals surface area contributed by atoms with E-state index >= 15 is 0 Å². The smallest absolute Gasteiger partial charge is 0.341 e. The molecule has 0 bridgehead atoms. The number of nitrogens with one attached hydrogen (secondary N) is 2. The van der Waals surface area contributed by atoms with Crippen LogP contribution in [0.2, 0.25) is 0 Å². The van der Waals surface area contributed by atoms with Crippen LogP contribution in [-0.4, -0.2) is 25.2 Å². The predicted octanol–water partition coefficient (Wildman–Crippen LogP) is 4.80. The molecule has 1 saturated carbocycles. The highest BCUT2D eigenvalue weighted by Gasteiger charge is 2.23. The third-order valence-electron chi connectivity index (χ3n) is 4.50. The zero-order valence-corrected chi connectivity index (χ0v) is 15.3. The summed E-state index contributed by atoms with van der Waals surface area (Å²) in [6, 6.07) is 5.69. The van der Waals surface area contributed by atoms with E-state index in [2.05, 4.69) is 10.6 Å². The summed E-state index contributed by atoms with van der Waals surface area (Å²) in [5.74, 6) is -0.896. The van der Waals surface area contributed by atoms with Gasteiger partial charge in [0.15, 0.2) is 0 Å². The second kappa shape index (κ2) is 8.31. The Morgan fingerprint density at radius 1 is 1.15 bits per heavy atom. The molecule has 1 aliphatic rings. The maximum absolute atomic E-state index is 13.2. The maximum atomic E-state index is 13.2. The van der Waals surface area contributed by atoms with E-state index in [-0.39, 0.29) is 23.5 Å². The average molecular weight is 376 g/mol. The summed E-state index contributed by atoms with van der Waals surface area (Å²) in [6.07, 6.45) is 5.39. The third kappa shape index (κ3) is 4.22. The van der Waals surface area contributed by atoms with Crippen LogP contribution < -0.4 is 10.6 Å². The standard InChI is InChI=1S/C19H21FN2O3S/c1-25-18(23)16-15(12-7-9-13(20)10-8-12)11-26-17(16)22-19(24)21-14-5-3-2-4-6-14/h7-11,14H,2-6H2,1H3,(H2,21,22,24). The van der Waals surface area contributed by atoms with Gasteiger partial charge in [0.2, 0.25) is 0 Å². The van der Waals surface area contributed by atoms with Gasteiger partial charge in [0.05, 0.1) is 7.11 Å². The van der Waals surface area contributed by atoms with Crippen molar-refractivity contribution in [2.45, 2.75) is 38.1 Å². The second-order valence-electron chi connectivity index (χ2n) is 6.29. The summed E-state index contributed by atoms with van der Waals surface area (Å²) in [5, 5.41) is 7.91. The van der Waals surface area contributed by atoms with E-state index in [1.54, 1.807) is 17.5 Å². The number of rotatable bonds is 4. The lowest BCUT2D eigenvalue weighted by Gasteiger charge is -2.22. The number of methoxy groups -OCH3 is 1. The van der Waals surface area contributed by atoms with Crippen molar-refractivity contribution in [2.75, 3.05) is 12.4 Å². The SMILES string of the molecule is COC(=O)c1c(-c2ccc(F)cc2)csc1NC(=O)NC1CCCCC1. The minimum Gasteiger partial charge on any atom is -0.465 e. The first-order chi connectivity index (χ1) is 12.6. The number of esters is 1. The summed E-state index contributed by atoms with van der Waals surface area (Å²) < 4.78 is 18.0. The van der Waals surface area contributed by atoms with Crippen LogP contribution >= 0.6 is 11.3 Å². The summed E-state index contributed by atoms with van der Waals surface area (Å²) in [4.78, 5) is 24.6. The number of anilines is 1. The summed E-state index contributed by atoms with van der Waals surface area (Å²) in [7, 11) is 1.29. The van der Waals surface area contributed by atoms with Gasteiger partial charge in [-0.05, 0) is 30.5 Å². The highest BCUT2D eigenvalue weighted by atomic mass is 32.1. The zero-order chi connectivity index (χ0) is 18.5. The number of amides is 2. The lowest BCUT2D eigenvalue weighted by atomic mass is 9.96. The number of thiophene rings is 1. The maximum Gasteiger partial charge on any atom is 0.341 e. The predicted molar refractivity (Wildman–Crippen MR) is 100 cm³/mol. The second-order valence-corrected chi connectivity index (χ2v) is 7.17. The van der Waals surface area contributed by atoms with E-state index < -0.39 is 5.97 Å². The van der Waals surface area contributed by atoms with Gasteiger partial charge in [-0.25, -0.2) is 14.0 Å². The van der Waals surface area contributed by atoms with Gasteiger partial charge in [-0.3, -0.25) is 5.32 Å². The Balaban J connectivity index is 1.81. The van der Waals surface area contributed by atoms with Crippen molar-refractivity contribution in [2.24, 2.45) is 0 Å². The molecule has 1 aromatic carbocycles. The van der Waals surface area contributed by atoms with Gasteiger partial charge in [0.1, 0.15) is 16.4 Å². The first-order valence-electron chi connectivity index (χ1n) is 8.61. The van der Waals surface area contributed by atoms with Gasteiger partial charge in [-0.2, -0.15) is 0 Å². The van der Waals surface area contributed by atoms with Crippen LogP contribution in [0.3, 0.4) is 0 Å². The lowest BCUT2D eigenvalue weighted by molar-refractivity contribution is 0.0603. The normalized spacial score (nSPS) is 14.7. The quantitative estimate of drug-likeness (QED) is 0.754. The number of hydrogen-bond acceptors (Lipinski definition) is 4. The highest BCUT2D eigenvalue weighted by molar-refractivity contribution is 7.15. The lowest BCUT2D eigenvalue weighted by Crippen LogP contribution is -2.39. The molecule has 0 unspecified atom stereocenters. The minimum atomic E-state index is -0.543. The molecule has 0 spiro atoms. The van der Waals surface area contributed by atoms with E-state index in [0.717, 1.165) is 25.7 Å². The molecule has 2 amide bonds. The molecule has 1 heterocycles. The molecule has 26 heavy (non-hydrogen) atoms. The fourth-order valence-corrected chi connectivity index (χ4v) is 4.12. The molecule has 2 aromatic rings. The molecule has 1 aromatic heterocycles. The van der Waals surface area contributed by atoms with Crippen LogP contribution in [0, 0.1) is 5.82 Å². The largest absolute Gasteiger partial charge is 0.465 e. The monoisotopic (exact) mass is 376 g/mol. The molecule has 3 rings (SSSR count). The molecule has 1 aliphatic carbocycles. The fourth-order valence-electron chi connectivity index (χ4n) is 3.17. The Morgan fingerprint density at radius 3 is 2.50 bits per heavy atom. The van der Waals surface area contributed by atoms with Crippen LogP contribution in [0.4, 0.5) is 14.2 Å². The molecule has 1 fully saturated rings. The Hall–Kier alpha value is -2.41. The molecule has 7 heteroatoms. The van der Waals surface area contributed by atoms with Gasteiger partial charge in [-0.1, -0.05) is 31.4 Å². The fraction of sp³-hybridized carbons (Fsp3) is 0.368. The molecule has 0 aliphatic heterocycles. The number of carbonyl (C=O) groups is 2. The molecular weight excluding hydrogens is 355 g/mol. The minimum absolute atomic E-state index is 0.168. The Kier molecular flexibility index (Phi) is 5.88. The Bertz CT molecular complexity index is 783. The Labute approximate surface area is 155 Å². The average Bonchev–Trinajstić information content (AvgIpc) is 3.06. The molecule has 0 saturated heterocycles. The zero-order valence-electron chi connectivity index (χ0n) is 14.5. The van der Waals surface area contributed by atoms with Gasteiger partial charge in [0, 0.05) is 17.0 Å². The summed E-state index contributed by atoms with van der Waals surface area (Å²) in [5.41, 5.74) is 1.57. The number of hydrogen-bond donors (Lipinski definition) is 2. The van der Waals surface area contributed by atoms with E-state index in [1.165, 1.54) is 37.0 Å². The molecule has 2 N–H and O–H groups in total. The molecular formula is C19H21FN2O3S. The molecule has 138 valence electrons. The third-order valence-corrected chi connectivity index (χ3v) is 5.40. The van der Waals surface area contributed by atoms with Crippen LogP contribution in [0.5, 0.6) is 0 Å². The molecule has 0 atom stereocenters. The highest BCUT2D eigenvalue weighted by Crippen LogP contribution is 2.36. The van der Waals surface area contributed by atoms with E-state index in [9.17, 15) is 14.0 Å². The van der Waals surface area contributed by atoms with E-state index in [0.29, 0.717) is 16.1 Å². The van der Waals surface area contributed by atoms with Gasteiger partial charge < -0.3 is 10.1 Å². The van der Waals surface area contributed by atoms with Gasteiger partial charge >= 0.3 is 12.0 Å². The first-order valence-corrected chi connectivity index (χ1v) is 9.49. The number of carbonyl (C=O) groups excluding carboxylic acids is 2. The number of benzene rings is 1. The number of halogens is 1.